The number of carbonyl (C=O) groups excluding carboxylic acids is 2. The molecule has 1 aliphatic rings. The van der Waals surface area contributed by atoms with Crippen LogP contribution in [0.4, 0.5) is 5.69 Å². The summed E-state index contributed by atoms with van der Waals surface area (Å²) in [6.07, 6.45) is 2.10. The molecule has 2 amide bonds. The molecule has 0 atom stereocenters. The minimum Gasteiger partial charge on any atom is -0.339 e. The van der Waals surface area contributed by atoms with Crippen molar-refractivity contribution in [2.24, 2.45) is 5.92 Å². The van der Waals surface area contributed by atoms with E-state index in [4.69, 9.17) is 23.8 Å². The van der Waals surface area contributed by atoms with Crippen LogP contribution in [0.3, 0.4) is 0 Å². The Morgan fingerprint density at radius 1 is 1.07 bits per heavy atom. The quantitative estimate of drug-likeness (QED) is 0.732. The Morgan fingerprint density at radius 3 is 2.39 bits per heavy atom. The number of likely N-dealkylation sites (tertiary alicyclic amines) is 1. The van der Waals surface area contributed by atoms with Crippen LogP contribution in [0.25, 0.3) is 0 Å². The Hall–Kier alpha value is -2.44. The van der Waals surface area contributed by atoms with Gasteiger partial charge in [0.15, 0.2) is 5.11 Å². The van der Waals surface area contributed by atoms with Crippen LogP contribution in [-0.4, -0.2) is 34.9 Å². The van der Waals surface area contributed by atoms with Crippen LogP contribution in [0.2, 0.25) is 5.02 Å². The predicted molar refractivity (Wildman–Crippen MR) is 116 cm³/mol. The smallest absolute Gasteiger partial charge is 0.257 e. The summed E-state index contributed by atoms with van der Waals surface area (Å²) in [5.41, 5.74) is 1.77. The Balaban J connectivity index is 1.55. The normalized spacial score (nSPS) is 14.4. The molecule has 28 heavy (non-hydrogen) atoms. The number of benzene rings is 2. The van der Waals surface area contributed by atoms with Gasteiger partial charge in [0.25, 0.3) is 11.8 Å². The van der Waals surface area contributed by atoms with Crippen LogP contribution in [0.5, 0.6) is 0 Å². The molecule has 3 rings (SSSR count). The number of hydrogen-bond donors (Lipinski definition) is 2. The number of hydrogen-bond acceptors (Lipinski definition) is 3. The van der Waals surface area contributed by atoms with Crippen molar-refractivity contribution in [2.45, 2.75) is 19.8 Å². The van der Waals surface area contributed by atoms with Gasteiger partial charge >= 0.3 is 0 Å². The van der Waals surface area contributed by atoms with Gasteiger partial charge in [0.2, 0.25) is 0 Å². The van der Waals surface area contributed by atoms with E-state index in [0.29, 0.717) is 27.8 Å². The van der Waals surface area contributed by atoms with Gasteiger partial charge in [-0.05, 0) is 73.4 Å². The van der Waals surface area contributed by atoms with E-state index in [9.17, 15) is 9.59 Å². The average Bonchev–Trinajstić information content (AvgIpc) is 2.68. The molecular weight excluding hydrogens is 394 g/mol. The van der Waals surface area contributed by atoms with Crippen molar-refractivity contribution < 1.29 is 9.59 Å². The van der Waals surface area contributed by atoms with Crippen LogP contribution < -0.4 is 10.6 Å². The standard InChI is InChI=1S/C21H22ClN3O2S/c1-14-9-11-25(12-10-14)20(27)15-5-7-18(8-6-15)23-21(28)24-19(26)16-3-2-4-17(22)13-16/h2-8,13-14H,9-12H2,1H3,(H2,23,24,26,28). The number of nitrogens with one attached hydrogen (secondary N) is 2. The van der Waals surface area contributed by atoms with Gasteiger partial charge in [-0.15, -0.1) is 0 Å². The monoisotopic (exact) mass is 415 g/mol. The van der Waals surface area contributed by atoms with Crippen molar-refractivity contribution >= 4 is 46.4 Å². The highest BCUT2D eigenvalue weighted by Crippen LogP contribution is 2.19. The number of nitrogens with zero attached hydrogens (tertiary/aromatic N) is 1. The first-order valence-corrected chi connectivity index (χ1v) is 9.98. The maximum absolute atomic E-state index is 12.6. The summed E-state index contributed by atoms with van der Waals surface area (Å²) in [7, 11) is 0. The number of halogens is 1. The number of rotatable bonds is 3. The lowest BCUT2D eigenvalue weighted by Gasteiger charge is -2.30. The predicted octanol–water partition coefficient (Wildman–Crippen LogP) is 4.34. The van der Waals surface area contributed by atoms with Crippen molar-refractivity contribution in [1.82, 2.24) is 10.2 Å². The van der Waals surface area contributed by atoms with Crippen molar-refractivity contribution in [3.63, 3.8) is 0 Å². The Morgan fingerprint density at radius 2 is 1.75 bits per heavy atom. The summed E-state index contributed by atoms with van der Waals surface area (Å²) < 4.78 is 0. The number of amides is 2. The van der Waals surface area contributed by atoms with Gasteiger partial charge in [0.05, 0.1) is 0 Å². The zero-order valence-electron chi connectivity index (χ0n) is 15.6. The van der Waals surface area contributed by atoms with Gasteiger partial charge in [-0.25, -0.2) is 0 Å². The van der Waals surface area contributed by atoms with E-state index in [1.807, 2.05) is 4.90 Å². The third kappa shape index (κ3) is 5.30. The Bertz CT molecular complexity index is 877. The third-order valence-corrected chi connectivity index (χ3v) is 5.21. The highest BCUT2D eigenvalue weighted by molar-refractivity contribution is 7.80. The van der Waals surface area contributed by atoms with E-state index in [0.717, 1.165) is 25.9 Å². The molecule has 0 bridgehead atoms. The van der Waals surface area contributed by atoms with Crippen LogP contribution in [0.15, 0.2) is 48.5 Å². The molecule has 2 aromatic carbocycles. The molecule has 146 valence electrons. The van der Waals surface area contributed by atoms with Gasteiger partial charge in [0, 0.05) is 34.9 Å². The molecule has 1 aliphatic heterocycles. The minimum atomic E-state index is -0.342. The molecule has 2 aromatic rings. The summed E-state index contributed by atoms with van der Waals surface area (Å²) >= 11 is 11.1. The summed E-state index contributed by atoms with van der Waals surface area (Å²) in [5, 5.41) is 6.22. The molecule has 0 aliphatic carbocycles. The van der Waals surface area contributed by atoms with Crippen molar-refractivity contribution in [3.05, 3.63) is 64.7 Å². The maximum Gasteiger partial charge on any atom is 0.257 e. The number of carbonyl (C=O) groups is 2. The molecule has 5 nitrogen and oxygen atoms in total. The van der Waals surface area contributed by atoms with Crippen LogP contribution >= 0.6 is 23.8 Å². The Labute approximate surface area is 175 Å². The molecule has 7 heteroatoms. The van der Waals surface area contributed by atoms with E-state index in [-0.39, 0.29) is 16.9 Å². The summed E-state index contributed by atoms with van der Waals surface area (Å²) in [6.45, 7) is 3.83. The second-order valence-corrected chi connectivity index (χ2v) is 7.82. The van der Waals surface area contributed by atoms with Crippen LogP contribution in [-0.2, 0) is 0 Å². The van der Waals surface area contributed by atoms with Crippen LogP contribution in [0.1, 0.15) is 40.5 Å². The van der Waals surface area contributed by atoms with E-state index in [1.165, 1.54) is 0 Å². The fourth-order valence-corrected chi connectivity index (χ4v) is 3.46. The molecule has 0 aromatic heterocycles. The third-order valence-electron chi connectivity index (χ3n) is 4.77. The molecule has 2 N–H and O–H groups in total. The van der Waals surface area contributed by atoms with Gasteiger partial charge in [-0.1, -0.05) is 24.6 Å². The summed E-state index contributed by atoms with van der Waals surface area (Å²) in [4.78, 5) is 26.7. The number of thiocarbonyl (C=S) groups is 1. The molecule has 0 spiro atoms. The fourth-order valence-electron chi connectivity index (χ4n) is 3.06. The zero-order valence-corrected chi connectivity index (χ0v) is 17.1. The van der Waals surface area contributed by atoms with Gasteiger partial charge in [0.1, 0.15) is 0 Å². The number of anilines is 1. The number of piperidine rings is 1. The second-order valence-electron chi connectivity index (χ2n) is 6.97. The van der Waals surface area contributed by atoms with E-state index in [1.54, 1.807) is 48.5 Å². The van der Waals surface area contributed by atoms with Gasteiger partial charge < -0.3 is 10.2 Å². The highest BCUT2D eigenvalue weighted by Gasteiger charge is 2.21. The molecule has 0 saturated carbocycles. The zero-order chi connectivity index (χ0) is 20.1. The van der Waals surface area contributed by atoms with E-state index < -0.39 is 0 Å². The SMILES string of the molecule is CC1CCN(C(=O)c2ccc(NC(=S)NC(=O)c3cccc(Cl)c3)cc2)CC1. The maximum atomic E-state index is 12.6. The van der Waals surface area contributed by atoms with Crippen LogP contribution in [0, 0.1) is 5.92 Å². The molecule has 0 radical (unpaired) electrons. The molecule has 0 unspecified atom stereocenters. The second kappa shape index (κ2) is 9.17. The molecule has 1 saturated heterocycles. The molecule has 1 heterocycles. The topological polar surface area (TPSA) is 61.4 Å². The highest BCUT2D eigenvalue weighted by atomic mass is 35.5. The summed E-state index contributed by atoms with van der Waals surface area (Å²) in [5.74, 6) is 0.389. The van der Waals surface area contributed by atoms with Gasteiger partial charge in [-0.2, -0.15) is 0 Å². The van der Waals surface area contributed by atoms with Gasteiger partial charge in [-0.3, -0.25) is 14.9 Å². The lowest BCUT2D eigenvalue weighted by molar-refractivity contribution is 0.0697. The lowest BCUT2D eigenvalue weighted by Crippen LogP contribution is -2.37. The first-order chi connectivity index (χ1) is 13.4. The van der Waals surface area contributed by atoms with Crippen molar-refractivity contribution in [3.8, 4) is 0 Å². The average molecular weight is 416 g/mol. The van der Waals surface area contributed by atoms with Crippen molar-refractivity contribution in [1.29, 1.82) is 0 Å². The van der Waals surface area contributed by atoms with Crippen molar-refractivity contribution in [2.75, 3.05) is 18.4 Å². The fraction of sp³-hybridized carbons (Fsp3) is 0.286. The van der Waals surface area contributed by atoms with E-state index in [2.05, 4.69) is 17.6 Å². The minimum absolute atomic E-state index is 0.0512. The largest absolute Gasteiger partial charge is 0.339 e. The Kier molecular flexibility index (Phi) is 6.65. The molecular formula is C21H22ClN3O2S. The first-order valence-electron chi connectivity index (χ1n) is 9.19. The first kappa shape index (κ1) is 20.3. The molecule has 1 fully saturated rings. The summed E-state index contributed by atoms with van der Waals surface area (Å²) in [6, 6.07) is 13.7. The lowest BCUT2D eigenvalue weighted by atomic mass is 9.98. The van der Waals surface area contributed by atoms with E-state index >= 15 is 0 Å².